The molecule has 5 rings (SSSR count). The fourth-order valence-electron chi connectivity index (χ4n) is 5.75. The van der Waals surface area contributed by atoms with Crippen molar-refractivity contribution in [2.75, 3.05) is 18.8 Å². The number of nitrogens with one attached hydrogen (secondary N) is 1. The van der Waals surface area contributed by atoms with Gasteiger partial charge in [0, 0.05) is 23.2 Å². The first-order chi connectivity index (χ1) is 18.4. The van der Waals surface area contributed by atoms with Crippen LogP contribution in [0.15, 0.2) is 53.0 Å². The second kappa shape index (κ2) is 11.1. The minimum atomic E-state index is -0.701. The molecule has 1 aliphatic carbocycles. The molecule has 1 aromatic heterocycles. The van der Waals surface area contributed by atoms with Gasteiger partial charge in [0.25, 0.3) is 0 Å². The van der Waals surface area contributed by atoms with Crippen LogP contribution in [0.5, 0.6) is 0 Å². The number of halogens is 1. The van der Waals surface area contributed by atoms with Gasteiger partial charge in [-0.15, -0.1) is 10.2 Å². The summed E-state index contributed by atoms with van der Waals surface area (Å²) in [5.41, 5.74) is 7.88. The maximum absolute atomic E-state index is 13.8. The number of nitrogens with two attached hydrogens (primary N) is 1. The zero-order valence-electron chi connectivity index (χ0n) is 21.5. The molecular weight excluding hydrogens is 548 g/mol. The largest absolute Gasteiger partial charge is 0.399 e. The predicted molar refractivity (Wildman–Crippen MR) is 147 cm³/mol. The van der Waals surface area contributed by atoms with E-state index in [0.29, 0.717) is 24.6 Å². The van der Waals surface area contributed by atoms with E-state index in [1.54, 1.807) is 11.9 Å². The molecule has 3 N–H and O–H groups in total. The molecule has 2 heterocycles. The molecule has 3 amide bonds. The number of carbonyl (C=O) groups excluding carboxylic acids is 2. The molecule has 1 saturated carbocycles. The molecule has 0 bridgehead atoms. The molecule has 38 heavy (non-hydrogen) atoms. The normalized spacial score (nSPS) is 18.5. The highest BCUT2D eigenvalue weighted by atomic mass is 79.9. The smallest absolute Gasteiger partial charge is 0.318 e. The number of nitrogen functional groups attached to an aromatic ring is 1. The summed E-state index contributed by atoms with van der Waals surface area (Å²) in [5.74, 6) is 0.435. The number of rotatable bonds is 7. The second-order valence-corrected chi connectivity index (χ2v) is 10.9. The third-order valence-corrected chi connectivity index (χ3v) is 8.39. The lowest BCUT2D eigenvalue weighted by atomic mass is 9.93. The number of hydrogen-bond donors (Lipinski definition) is 2. The van der Waals surface area contributed by atoms with Gasteiger partial charge in [0.15, 0.2) is 5.82 Å². The SMILES string of the molecule is Cn1nnc(C2(N(Cc3ccc(N)cc3)C(=O)NCC(=O)N3CCCC3c3ccccc3Br)CCCC2)n1. The van der Waals surface area contributed by atoms with Crippen molar-refractivity contribution in [2.45, 2.75) is 56.7 Å². The van der Waals surface area contributed by atoms with E-state index in [0.717, 1.165) is 54.1 Å². The highest BCUT2D eigenvalue weighted by Gasteiger charge is 2.47. The summed E-state index contributed by atoms with van der Waals surface area (Å²) in [5, 5.41) is 15.8. The van der Waals surface area contributed by atoms with Gasteiger partial charge in [-0.3, -0.25) is 4.79 Å². The number of urea groups is 1. The summed E-state index contributed by atoms with van der Waals surface area (Å²) in [6, 6.07) is 15.2. The molecule has 1 unspecified atom stereocenters. The number of aromatic nitrogens is 4. The lowest BCUT2D eigenvalue weighted by Crippen LogP contribution is -2.53. The minimum absolute atomic E-state index is 0.00850. The quantitative estimate of drug-likeness (QED) is 0.409. The second-order valence-electron chi connectivity index (χ2n) is 10.1. The highest BCUT2D eigenvalue weighted by molar-refractivity contribution is 9.10. The molecule has 1 atom stereocenters. The first kappa shape index (κ1) is 26.1. The highest BCUT2D eigenvalue weighted by Crippen LogP contribution is 2.43. The van der Waals surface area contributed by atoms with Crippen molar-refractivity contribution in [3.8, 4) is 0 Å². The zero-order valence-corrected chi connectivity index (χ0v) is 23.1. The molecule has 200 valence electrons. The number of likely N-dealkylation sites (tertiary alicyclic amines) is 1. The number of anilines is 1. The first-order valence-electron chi connectivity index (χ1n) is 13.1. The Labute approximate surface area is 230 Å². The van der Waals surface area contributed by atoms with Crippen LogP contribution in [0.2, 0.25) is 0 Å². The molecule has 2 aliphatic rings. The maximum Gasteiger partial charge on any atom is 0.318 e. The van der Waals surface area contributed by atoms with Gasteiger partial charge in [-0.1, -0.05) is 59.1 Å². The third kappa shape index (κ3) is 5.24. The van der Waals surface area contributed by atoms with Crippen LogP contribution in [0.3, 0.4) is 0 Å². The first-order valence-corrected chi connectivity index (χ1v) is 13.8. The summed E-state index contributed by atoms with van der Waals surface area (Å²) >= 11 is 3.63. The average molecular weight is 582 g/mol. The average Bonchev–Trinajstić information content (AvgIpc) is 3.68. The van der Waals surface area contributed by atoms with Gasteiger partial charge in [0.05, 0.1) is 19.6 Å². The Morgan fingerprint density at radius 3 is 2.55 bits per heavy atom. The third-order valence-electron chi connectivity index (χ3n) is 7.67. The van der Waals surface area contributed by atoms with E-state index in [2.05, 4.69) is 36.7 Å². The number of amides is 3. The van der Waals surface area contributed by atoms with E-state index in [1.807, 2.05) is 53.4 Å². The van der Waals surface area contributed by atoms with Gasteiger partial charge >= 0.3 is 6.03 Å². The van der Waals surface area contributed by atoms with Crippen molar-refractivity contribution >= 4 is 33.6 Å². The number of aryl methyl sites for hydroxylation is 1. The molecule has 3 aromatic rings. The van der Waals surface area contributed by atoms with Crippen LogP contribution >= 0.6 is 15.9 Å². The lowest BCUT2D eigenvalue weighted by molar-refractivity contribution is -0.131. The molecule has 2 fully saturated rings. The van der Waals surface area contributed by atoms with Gasteiger partial charge in [-0.2, -0.15) is 4.80 Å². The number of carbonyl (C=O) groups is 2. The zero-order chi connectivity index (χ0) is 26.7. The molecule has 1 aliphatic heterocycles. The maximum atomic E-state index is 13.8. The Hall–Kier alpha value is -3.47. The van der Waals surface area contributed by atoms with E-state index in [4.69, 9.17) is 5.73 Å². The van der Waals surface area contributed by atoms with Crippen molar-refractivity contribution < 1.29 is 9.59 Å². The van der Waals surface area contributed by atoms with Crippen molar-refractivity contribution in [2.24, 2.45) is 7.05 Å². The number of hydrogen-bond acceptors (Lipinski definition) is 6. The Balaban J connectivity index is 1.36. The Bertz CT molecular complexity index is 1290. The monoisotopic (exact) mass is 580 g/mol. The van der Waals surface area contributed by atoms with Crippen molar-refractivity contribution in [1.29, 1.82) is 0 Å². The van der Waals surface area contributed by atoms with Gasteiger partial charge in [0.1, 0.15) is 5.54 Å². The molecule has 2 aromatic carbocycles. The summed E-state index contributed by atoms with van der Waals surface area (Å²) in [4.78, 5) is 32.3. The molecule has 0 spiro atoms. The van der Waals surface area contributed by atoms with Crippen molar-refractivity contribution in [1.82, 2.24) is 35.3 Å². The van der Waals surface area contributed by atoms with E-state index >= 15 is 0 Å². The Morgan fingerprint density at radius 2 is 1.87 bits per heavy atom. The van der Waals surface area contributed by atoms with E-state index in [9.17, 15) is 9.59 Å². The standard InChI is InChI=1S/C27H33BrN8O2/c1-34-32-25(31-33-34)27(14-4-5-15-27)36(18-19-10-12-20(29)13-11-19)26(38)30-17-24(37)35-16-6-9-23(35)21-7-2-3-8-22(21)28/h2-3,7-8,10-13,23H,4-6,9,14-18,29H2,1H3,(H,30,38). The van der Waals surface area contributed by atoms with E-state index in [1.165, 1.54) is 4.80 Å². The van der Waals surface area contributed by atoms with Gasteiger partial charge in [-0.25, -0.2) is 4.79 Å². The van der Waals surface area contributed by atoms with E-state index < -0.39 is 5.54 Å². The Morgan fingerprint density at radius 1 is 1.13 bits per heavy atom. The van der Waals surface area contributed by atoms with Crippen molar-refractivity contribution in [3.05, 3.63) is 70.0 Å². The molecule has 0 radical (unpaired) electrons. The predicted octanol–water partition coefficient (Wildman–Crippen LogP) is 3.90. The van der Waals surface area contributed by atoms with Crippen molar-refractivity contribution in [3.63, 3.8) is 0 Å². The van der Waals surface area contributed by atoms with E-state index in [-0.39, 0.29) is 24.5 Å². The fourth-order valence-corrected chi connectivity index (χ4v) is 6.30. The molecule has 1 saturated heterocycles. The van der Waals surface area contributed by atoms with Crippen LogP contribution in [0, 0.1) is 0 Å². The number of tetrazole rings is 1. The minimum Gasteiger partial charge on any atom is -0.399 e. The topological polar surface area (TPSA) is 122 Å². The van der Waals surface area contributed by atoms with Gasteiger partial charge in [0.2, 0.25) is 5.91 Å². The summed E-state index contributed by atoms with van der Waals surface area (Å²) in [6.45, 7) is 0.924. The number of benzene rings is 2. The summed E-state index contributed by atoms with van der Waals surface area (Å²) in [7, 11) is 1.72. The fraction of sp³-hybridized carbons (Fsp3) is 0.444. The molecule has 11 heteroatoms. The number of nitrogens with zero attached hydrogens (tertiary/aromatic N) is 6. The van der Waals surface area contributed by atoms with Gasteiger partial charge < -0.3 is 20.9 Å². The van der Waals surface area contributed by atoms with Crippen LogP contribution in [0.25, 0.3) is 0 Å². The molecule has 10 nitrogen and oxygen atoms in total. The lowest BCUT2D eigenvalue weighted by Gasteiger charge is -2.39. The van der Waals surface area contributed by atoms with Crippen LogP contribution in [-0.2, 0) is 23.9 Å². The molecular formula is C27H33BrN8O2. The van der Waals surface area contributed by atoms with Crippen LogP contribution in [0.4, 0.5) is 10.5 Å². The van der Waals surface area contributed by atoms with Crippen LogP contribution < -0.4 is 11.1 Å². The van der Waals surface area contributed by atoms with Gasteiger partial charge in [-0.05, 0) is 60.2 Å². The van der Waals surface area contributed by atoms with Crippen LogP contribution in [-0.4, -0.2) is 55.0 Å². The summed E-state index contributed by atoms with van der Waals surface area (Å²) < 4.78 is 0.989. The Kier molecular flexibility index (Phi) is 7.64. The summed E-state index contributed by atoms with van der Waals surface area (Å²) in [6.07, 6.45) is 5.17. The van der Waals surface area contributed by atoms with Crippen LogP contribution in [0.1, 0.15) is 61.5 Å².